The van der Waals surface area contributed by atoms with Gasteiger partial charge in [0.15, 0.2) is 14.5 Å². The molecule has 1 atom stereocenters. The smallest absolute Gasteiger partial charge is 0.196 e. The number of hydrogen-bond acceptors (Lipinski definition) is 2. The van der Waals surface area contributed by atoms with Gasteiger partial charge in [0, 0.05) is 12.8 Å². The number of hydrogen-bond donors (Lipinski definition) is 0. The third kappa shape index (κ3) is 6.01. The number of alkyl halides is 1. The van der Waals surface area contributed by atoms with Crippen molar-refractivity contribution in [2.75, 3.05) is 5.75 Å². The lowest BCUT2D eigenvalue weighted by Gasteiger charge is -2.01. The maximum atomic E-state index is 11.6. The molecule has 1 unspecified atom stereocenters. The van der Waals surface area contributed by atoms with Gasteiger partial charge in [-0.3, -0.25) is 0 Å². The first-order valence-corrected chi connectivity index (χ1v) is 8.08. The highest BCUT2D eigenvalue weighted by atomic mass is 35.5. The molecule has 0 aliphatic carbocycles. The largest absolute Gasteiger partial charge is 0.225 e. The molecule has 0 radical (unpaired) electrons. The fourth-order valence-corrected chi connectivity index (χ4v) is 2.49. The van der Waals surface area contributed by atoms with Gasteiger partial charge < -0.3 is 0 Å². The Kier molecular flexibility index (Phi) is 6.48. The first-order valence-electron chi connectivity index (χ1n) is 5.93. The summed E-state index contributed by atoms with van der Waals surface area (Å²) < 4.78 is 22.2. The molecule has 0 N–H and O–H groups in total. The normalized spacial score (nSPS) is 25.6. The van der Waals surface area contributed by atoms with E-state index in [4.69, 9.17) is 11.6 Å². The molecular weight excluding hydrogens is 256 g/mol. The van der Waals surface area contributed by atoms with Crippen LogP contribution in [0.2, 0.25) is 0 Å². The van der Waals surface area contributed by atoms with Crippen LogP contribution in [0.5, 0.6) is 0 Å². The molecule has 2 nitrogen and oxygen atoms in total. The van der Waals surface area contributed by atoms with Gasteiger partial charge in [-0.2, -0.15) is 0 Å². The molecule has 0 amide bonds. The summed E-state index contributed by atoms with van der Waals surface area (Å²) in [5.41, 5.74) is 0. The van der Waals surface area contributed by atoms with Gasteiger partial charge in [0.1, 0.15) is 5.75 Å². The van der Waals surface area contributed by atoms with Crippen molar-refractivity contribution in [3.8, 4) is 23.7 Å². The average Bonchev–Trinajstić information content (AvgIpc) is 2.29. The molecule has 0 fully saturated rings. The van der Waals surface area contributed by atoms with Crippen LogP contribution in [0.3, 0.4) is 0 Å². The highest BCUT2D eigenvalue weighted by molar-refractivity contribution is 7.93. The fourth-order valence-electron chi connectivity index (χ4n) is 1.51. The van der Waals surface area contributed by atoms with Crippen LogP contribution in [-0.4, -0.2) is 18.9 Å². The zero-order valence-corrected chi connectivity index (χ0v) is 11.4. The molecule has 17 heavy (non-hydrogen) atoms. The van der Waals surface area contributed by atoms with E-state index in [9.17, 15) is 8.42 Å². The molecule has 4 heteroatoms. The Hall–Kier alpha value is -0.640. The monoisotopic (exact) mass is 272 g/mol. The van der Waals surface area contributed by atoms with Gasteiger partial charge in [0.05, 0.1) is 0 Å². The third-order valence-electron chi connectivity index (χ3n) is 2.53. The van der Waals surface area contributed by atoms with E-state index < -0.39 is 14.5 Å². The summed E-state index contributed by atoms with van der Waals surface area (Å²) in [6.07, 6.45) is 7.06. The van der Waals surface area contributed by atoms with Crippen molar-refractivity contribution in [2.24, 2.45) is 0 Å². The Bertz CT molecular complexity index is 445. The zero-order valence-electron chi connectivity index (χ0n) is 9.84. The third-order valence-corrected chi connectivity index (χ3v) is 4.75. The van der Waals surface area contributed by atoms with Crippen molar-refractivity contribution in [1.29, 1.82) is 0 Å². The average molecular weight is 273 g/mol. The first kappa shape index (κ1) is 14.4. The second-order valence-electron chi connectivity index (χ2n) is 4.07. The van der Waals surface area contributed by atoms with Crippen LogP contribution in [0.25, 0.3) is 0 Å². The summed E-state index contributed by atoms with van der Waals surface area (Å²) in [4.78, 5) is 0. The van der Waals surface area contributed by atoms with Crippen molar-refractivity contribution >= 4 is 21.4 Å². The number of rotatable bonds is 0. The van der Waals surface area contributed by atoms with E-state index in [1.54, 1.807) is 0 Å². The predicted molar refractivity (Wildman–Crippen MR) is 71.3 cm³/mol. The molecule has 1 rings (SSSR count). The minimum absolute atomic E-state index is 0.185. The van der Waals surface area contributed by atoms with Gasteiger partial charge in [-0.05, 0) is 12.8 Å². The van der Waals surface area contributed by atoms with Gasteiger partial charge in [0.2, 0.25) is 0 Å². The summed E-state index contributed by atoms with van der Waals surface area (Å²) in [5.74, 6) is 10.8. The van der Waals surface area contributed by atoms with Gasteiger partial charge >= 0.3 is 0 Å². The molecule has 0 aromatic rings. The quantitative estimate of drug-likeness (QED) is 0.502. The molecule has 0 bridgehead atoms. The molecule has 1 aliphatic rings. The molecular formula is C13H17ClO2S. The topological polar surface area (TPSA) is 34.1 Å². The number of halogens is 1. The Balaban J connectivity index is 2.68. The summed E-state index contributed by atoms with van der Waals surface area (Å²) in [6.45, 7) is 0. The Morgan fingerprint density at radius 3 is 2.18 bits per heavy atom. The SMILES string of the molecule is O=S1(=O)CC#CCCCCCCCC#CC1Cl. The fraction of sp³-hybridized carbons (Fsp3) is 0.692. The summed E-state index contributed by atoms with van der Waals surface area (Å²) in [6, 6.07) is 0. The van der Waals surface area contributed by atoms with Gasteiger partial charge in [-0.15, -0.1) is 11.8 Å². The van der Waals surface area contributed by atoms with Crippen molar-refractivity contribution < 1.29 is 8.42 Å². The van der Waals surface area contributed by atoms with Crippen molar-refractivity contribution in [2.45, 2.75) is 49.7 Å². The standard InChI is InChI=1S/C13H17ClO2S/c14-13-11-9-7-5-3-1-2-4-6-8-10-12-17(13,15)16/h13H,1-7,12H2. The van der Waals surface area contributed by atoms with Gasteiger partial charge in [-0.1, -0.05) is 42.7 Å². The summed E-state index contributed by atoms with van der Waals surface area (Å²) in [7, 11) is -3.39. The Morgan fingerprint density at radius 2 is 1.47 bits per heavy atom. The lowest BCUT2D eigenvalue weighted by atomic mass is 10.1. The first-order chi connectivity index (χ1) is 8.13. The number of sulfone groups is 1. The van der Waals surface area contributed by atoms with E-state index in [1.165, 1.54) is 6.42 Å². The minimum atomic E-state index is -3.39. The minimum Gasteiger partial charge on any atom is -0.225 e. The lowest BCUT2D eigenvalue weighted by Crippen LogP contribution is -2.16. The second-order valence-corrected chi connectivity index (χ2v) is 6.85. The van der Waals surface area contributed by atoms with Crippen LogP contribution in [-0.2, 0) is 9.84 Å². The predicted octanol–water partition coefficient (Wildman–Crippen LogP) is 2.72. The molecule has 0 saturated carbocycles. The molecule has 1 heterocycles. The molecule has 0 aromatic carbocycles. The molecule has 94 valence electrons. The summed E-state index contributed by atoms with van der Waals surface area (Å²) >= 11 is 5.75. The molecule has 0 spiro atoms. The van der Waals surface area contributed by atoms with E-state index in [-0.39, 0.29) is 5.75 Å². The maximum Gasteiger partial charge on any atom is 0.196 e. The van der Waals surface area contributed by atoms with Gasteiger partial charge in [0.25, 0.3) is 0 Å². The Morgan fingerprint density at radius 1 is 0.882 bits per heavy atom. The molecule has 0 saturated heterocycles. The lowest BCUT2D eigenvalue weighted by molar-refractivity contribution is 0.600. The summed E-state index contributed by atoms with van der Waals surface area (Å²) in [5, 5.41) is 0. The molecule has 0 aromatic heterocycles. The highest BCUT2D eigenvalue weighted by Gasteiger charge is 2.19. The van der Waals surface area contributed by atoms with Crippen molar-refractivity contribution in [3.05, 3.63) is 0 Å². The second kappa shape index (κ2) is 7.64. The van der Waals surface area contributed by atoms with E-state index >= 15 is 0 Å². The van der Waals surface area contributed by atoms with Gasteiger partial charge in [-0.25, -0.2) is 8.42 Å². The van der Waals surface area contributed by atoms with Crippen LogP contribution in [0, 0.1) is 23.7 Å². The van der Waals surface area contributed by atoms with Crippen LogP contribution in [0.15, 0.2) is 0 Å². The maximum absolute atomic E-state index is 11.6. The van der Waals surface area contributed by atoms with Crippen LogP contribution < -0.4 is 0 Å². The van der Waals surface area contributed by atoms with Crippen molar-refractivity contribution in [1.82, 2.24) is 0 Å². The molecule has 1 aliphatic heterocycles. The van der Waals surface area contributed by atoms with E-state index in [0.29, 0.717) is 0 Å². The van der Waals surface area contributed by atoms with Crippen molar-refractivity contribution in [3.63, 3.8) is 0 Å². The van der Waals surface area contributed by atoms with E-state index in [1.807, 2.05) is 0 Å². The highest BCUT2D eigenvalue weighted by Crippen LogP contribution is 2.09. The zero-order chi connectivity index (χ0) is 12.6. The Labute approximate surface area is 109 Å². The van der Waals surface area contributed by atoms with Crippen LogP contribution in [0.1, 0.15) is 44.9 Å². The van der Waals surface area contributed by atoms with Crippen LogP contribution in [0.4, 0.5) is 0 Å². The van der Waals surface area contributed by atoms with E-state index in [0.717, 1.165) is 38.5 Å². The van der Waals surface area contributed by atoms with Crippen LogP contribution >= 0.6 is 11.6 Å². The van der Waals surface area contributed by atoms with E-state index in [2.05, 4.69) is 23.7 Å².